The lowest BCUT2D eigenvalue weighted by molar-refractivity contribution is 0.424. The molecule has 0 spiro atoms. The van der Waals surface area contributed by atoms with E-state index in [1.54, 1.807) is 11.3 Å². The highest BCUT2D eigenvalue weighted by molar-refractivity contribution is 7.07. The summed E-state index contributed by atoms with van der Waals surface area (Å²) in [4.78, 5) is 2.28. The lowest BCUT2D eigenvalue weighted by Gasteiger charge is -2.22. The summed E-state index contributed by atoms with van der Waals surface area (Å²) in [6.45, 7) is 8.45. The summed E-state index contributed by atoms with van der Waals surface area (Å²) in [6.07, 6.45) is 0. The van der Waals surface area contributed by atoms with Crippen LogP contribution in [0.5, 0.6) is 0 Å². The van der Waals surface area contributed by atoms with Crippen molar-refractivity contribution in [2.75, 3.05) is 11.9 Å². The number of nitrogens with zero attached hydrogens (tertiary/aromatic N) is 1. The molecule has 1 aromatic carbocycles. The van der Waals surface area contributed by atoms with Gasteiger partial charge < -0.3 is 10.2 Å². The second-order valence-corrected chi connectivity index (χ2v) is 7.04. The highest BCUT2D eigenvalue weighted by Gasteiger charge is 2.08. The van der Waals surface area contributed by atoms with Crippen LogP contribution in [0, 0.1) is 0 Å². The highest BCUT2D eigenvalue weighted by atomic mass is 32.1. The Morgan fingerprint density at radius 3 is 2.30 bits per heavy atom. The number of nitrogens with one attached hydrogen (secondary N) is 1. The van der Waals surface area contributed by atoms with E-state index in [-0.39, 0.29) is 5.54 Å². The maximum Gasteiger partial charge on any atom is 0.0434 e. The van der Waals surface area contributed by atoms with Crippen LogP contribution < -0.4 is 10.2 Å². The minimum Gasteiger partial charge on any atom is -0.370 e. The largest absolute Gasteiger partial charge is 0.370 e. The quantitative estimate of drug-likeness (QED) is 0.883. The first-order valence-electron chi connectivity index (χ1n) is 7.00. The Bertz CT molecular complexity index is 509. The minimum atomic E-state index is 0.161. The van der Waals surface area contributed by atoms with Gasteiger partial charge in [-0.1, -0.05) is 12.1 Å². The van der Waals surface area contributed by atoms with Crippen molar-refractivity contribution >= 4 is 17.0 Å². The summed E-state index contributed by atoms with van der Waals surface area (Å²) < 4.78 is 0. The van der Waals surface area contributed by atoms with Gasteiger partial charge in [-0.25, -0.2) is 0 Å². The number of anilines is 1. The van der Waals surface area contributed by atoms with Gasteiger partial charge >= 0.3 is 0 Å². The molecule has 1 heterocycles. The van der Waals surface area contributed by atoms with Gasteiger partial charge in [0.15, 0.2) is 0 Å². The lowest BCUT2D eigenvalue weighted by atomic mass is 10.1. The van der Waals surface area contributed by atoms with Gasteiger partial charge in [0.2, 0.25) is 0 Å². The molecule has 0 amide bonds. The van der Waals surface area contributed by atoms with Gasteiger partial charge in [0.1, 0.15) is 0 Å². The molecule has 2 rings (SSSR count). The van der Waals surface area contributed by atoms with Crippen LogP contribution >= 0.6 is 11.3 Å². The molecule has 0 aliphatic carbocycles. The van der Waals surface area contributed by atoms with Crippen molar-refractivity contribution in [2.24, 2.45) is 0 Å². The maximum atomic E-state index is 3.51. The molecule has 1 aromatic heterocycles. The molecule has 3 heteroatoms. The molecule has 2 aromatic rings. The van der Waals surface area contributed by atoms with Crippen molar-refractivity contribution in [3.05, 3.63) is 52.2 Å². The topological polar surface area (TPSA) is 15.3 Å². The first kappa shape index (κ1) is 15.1. The molecule has 0 aliphatic heterocycles. The van der Waals surface area contributed by atoms with E-state index in [1.165, 1.54) is 16.8 Å². The van der Waals surface area contributed by atoms with Crippen molar-refractivity contribution in [1.29, 1.82) is 0 Å². The molecule has 0 fully saturated rings. The van der Waals surface area contributed by atoms with E-state index < -0.39 is 0 Å². The second-order valence-electron chi connectivity index (χ2n) is 6.26. The number of hydrogen-bond acceptors (Lipinski definition) is 3. The van der Waals surface area contributed by atoms with Crippen LogP contribution in [0.4, 0.5) is 5.69 Å². The van der Waals surface area contributed by atoms with Gasteiger partial charge in [0.25, 0.3) is 0 Å². The monoisotopic (exact) mass is 288 g/mol. The number of hydrogen-bond donors (Lipinski definition) is 1. The van der Waals surface area contributed by atoms with Crippen LogP contribution in [0.2, 0.25) is 0 Å². The van der Waals surface area contributed by atoms with Crippen LogP contribution in [0.25, 0.3) is 0 Å². The minimum absolute atomic E-state index is 0.161. The smallest absolute Gasteiger partial charge is 0.0434 e. The summed E-state index contributed by atoms with van der Waals surface area (Å²) in [5, 5.41) is 7.85. The third-order valence-electron chi connectivity index (χ3n) is 3.20. The molecule has 0 saturated heterocycles. The molecule has 0 radical (unpaired) electrons. The zero-order valence-electron chi connectivity index (χ0n) is 12.8. The Kier molecular flexibility index (Phi) is 4.84. The molecule has 0 bridgehead atoms. The van der Waals surface area contributed by atoms with Gasteiger partial charge in [0, 0.05) is 31.4 Å². The highest BCUT2D eigenvalue weighted by Crippen LogP contribution is 2.18. The summed E-state index contributed by atoms with van der Waals surface area (Å²) >= 11 is 1.75. The predicted octanol–water partition coefficient (Wildman–Crippen LogP) is 4.27. The van der Waals surface area contributed by atoms with Crippen LogP contribution in [0.15, 0.2) is 41.1 Å². The van der Waals surface area contributed by atoms with Crippen molar-refractivity contribution in [3.63, 3.8) is 0 Å². The van der Waals surface area contributed by atoms with Crippen LogP contribution in [0.1, 0.15) is 31.9 Å². The SMILES string of the molecule is CN(Cc1ccsc1)c1ccc(CNC(C)(C)C)cc1. The fourth-order valence-electron chi connectivity index (χ4n) is 1.98. The van der Waals surface area contributed by atoms with Crippen LogP contribution in [-0.2, 0) is 13.1 Å². The third kappa shape index (κ3) is 4.66. The molecular formula is C17H24N2S. The summed E-state index contributed by atoms with van der Waals surface area (Å²) in [5.74, 6) is 0. The van der Waals surface area contributed by atoms with E-state index >= 15 is 0 Å². The number of benzene rings is 1. The molecule has 108 valence electrons. The molecule has 1 N–H and O–H groups in total. The second kappa shape index (κ2) is 6.42. The van der Waals surface area contributed by atoms with Gasteiger partial charge in [-0.2, -0.15) is 11.3 Å². The molecule has 0 unspecified atom stereocenters. The van der Waals surface area contributed by atoms with Crippen LogP contribution in [-0.4, -0.2) is 12.6 Å². The first-order chi connectivity index (χ1) is 9.44. The van der Waals surface area contributed by atoms with E-state index in [2.05, 4.69) is 79.1 Å². The van der Waals surface area contributed by atoms with E-state index in [4.69, 9.17) is 0 Å². The Labute approximate surface area is 126 Å². The number of thiophene rings is 1. The molecule has 0 saturated carbocycles. The van der Waals surface area contributed by atoms with E-state index in [9.17, 15) is 0 Å². The summed E-state index contributed by atoms with van der Waals surface area (Å²) in [6, 6.07) is 11.0. The first-order valence-corrected chi connectivity index (χ1v) is 7.94. The normalized spacial score (nSPS) is 11.6. The molecule has 20 heavy (non-hydrogen) atoms. The van der Waals surface area contributed by atoms with E-state index in [0.29, 0.717) is 0 Å². The Balaban J connectivity index is 1.93. The molecular weight excluding hydrogens is 264 g/mol. The standard InChI is InChI=1S/C17H24N2S/c1-17(2,3)18-11-14-5-7-16(8-6-14)19(4)12-15-9-10-20-13-15/h5-10,13,18H,11-12H2,1-4H3. The van der Waals surface area contributed by atoms with Gasteiger partial charge in [-0.3, -0.25) is 0 Å². The Morgan fingerprint density at radius 2 is 1.75 bits per heavy atom. The zero-order chi connectivity index (χ0) is 14.6. The van der Waals surface area contributed by atoms with Gasteiger partial charge in [0.05, 0.1) is 0 Å². The van der Waals surface area contributed by atoms with Crippen molar-refractivity contribution in [1.82, 2.24) is 5.32 Å². The van der Waals surface area contributed by atoms with Crippen molar-refractivity contribution < 1.29 is 0 Å². The van der Waals surface area contributed by atoms with E-state index in [0.717, 1.165) is 13.1 Å². The predicted molar refractivity (Wildman–Crippen MR) is 89.5 cm³/mol. The average Bonchev–Trinajstić information content (AvgIpc) is 2.89. The van der Waals surface area contributed by atoms with Crippen LogP contribution in [0.3, 0.4) is 0 Å². The lowest BCUT2D eigenvalue weighted by Crippen LogP contribution is -2.35. The zero-order valence-corrected chi connectivity index (χ0v) is 13.6. The van der Waals surface area contributed by atoms with Gasteiger partial charge in [-0.05, 0) is 60.9 Å². The van der Waals surface area contributed by atoms with Crippen molar-refractivity contribution in [2.45, 2.75) is 39.4 Å². The van der Waals surface area contributed by atoms with E-state index in [1.807, 2.05) is 0 Å². The Hall–Kier alpha value is -1.32. The molecule has 0 aliphatic rings. The van der Waals surface area contributed by atoms with Crippen molar-refractivity contribution in [3.8, 4) is 0 Å². The molecule has 0 atom stereocenters. The summed E-state index contributed by atoms with van der Waals surface area (Å²) in [5.41, 5.74) is 4.12. The summed E-state index contributed by atoms with van der Waals surface area (Å²) in [7, 11) is 2.14. The third-order valence-corrected chi connectivity index (χ3v) is 3.93. The Morgan fingerprint density at radius 1 is 1.05 bits per heavy atom. The van der Waals surface area contributed by atoms with Gasteiger partial charge in [-0.15, -0.1) is 0 Å². The maximum absolute atomic E-state index is 3.51. The fourth-order valence-corrected chi connectivity index (χ4v) is 2.64. The molecule has 2 nitrogen and oxygen atoms in total. The number of rotatable bonds is 5. The average molecular weight is 288 g/mol. The fraction of sp³-hybridized carbons (Fsp3) is 0.412.